The Labute approximate surface area is 210 Å². The van der Waals surface area contributed by atoms with Crippen molar-refractivity contribution in [2.45, 2.75) is 40.4 Å². The Kier molecular flexibility index (Phi) is 7.69. The molecule has 3 rings (SSSR count). The van der Waals surface area contributed by atoms with Gasteiger partial charge in [0, 0.05) is 12.2 Å². The SMILES string of the molecule is CC1=C(C)CC(Sc2c(Cl)c(Cl)c(Cl)c(Cl)c2Cl)(S(=O)(=O)c2ccc(C)cc2)SC1. The largest absolute Gasteiger partial charge is 0.221 e. The van der Waals surface area contributed by atoms with Crippen molar-refractivity contribution in [1.82, 2.24) is 0 Å². The standard InChI is InChI=1S/C20H17Cl5O2S3/c1-10-4-6-13(7-5-10)30(26,27)20(8-11(2)12(3)9-28-20)29-19-17(24)15(22)14(21)16(23)18(19)25/h4-7H,8-9H2,1-3H3. The molecule has 0 bridgehead atoms. The van der Waals surface area contributed by atoms with Crippen LogP contribution in [0.5, 0.6) is 0 Å². The highest BCUT2D eigenvalue weighted by Crippen LogP contribution is 2.59. The zero-order valence-corrected chi connectivity index (χ0v) is 22.4. The van der Waals surface area contributed by atoms with Crippen LogP contribution in [0.25, 0.3) is 0 Å². The quantitative estimate of drug-likeness (QED) is 0.212. The lowest BCUT2D eigenvalue weighted by Gasteiger charge is -2.37. The molecule has 0 fully saturated rings. The van der Waals surface area contributed by atoms with E-state index in [1.807, 2.05) is 20.8 Å². The maximum Gasteiger partial charge on any atom is 0.203 e. The Morgan fingerprint density at radius 2 is 1.33 bits per heavy atom. The van der Waals surface area contributed by atoms with Crippen LogP contribution >= 0.6 is 81.5 Å². The molecule has 10 heteroatoms. The monoisotopic (exact) mass is 560 g/mol. The Morgan fingerprint density at radius 3 is 1.83 bits per heavy atom. The fourth-order valence-electron chi connectivity index (χ4n) is 2.89. The van der Waals surface area contributed by atoms with Gasteiger partial charge in [0.2, 0.25) is 9.84 Å². The van der Waals surface area contributed by atoms with Crippen molar-refractivity contribution in [3.63, 3.8) is 0 Å². The second-order valence-corrected chi connectivity index (χ2v) is 14.5. The second kappa shape index (κ2) is 9.26. The highest BCUT2D eigenvalue weighted by atomic mass is 35.5. The molecule has 162 valence electrons. The van der Waals surface area contributed by atoms with E-state index in [9.17, 15) is 8.42 Å². The predicted octanol–water partition coefficient (Wildman–Crippen LogP) is 8.96. The third-order valence-corrected chi connectivity index (χ3v) is 14.0. The van der Waals surface area contributed by atoms with Gasteiger partial charge in [-0.2, -0.15) is 0 Å². The first-order valence-corrected chi connectivity index (χ1v) is 13.9. The van der Waals surface area contributed by atoms with E-state index in [4.69, 9.17) is 58.0 Å². The molecular weight excluding hydrogens is 546 g/mol. The zero-order valence-electron chi connectivity index (χ0n) is 16.2. The summed E-state index contributed by atoms with van der Waals surface area (Å²) in [7, 11) is -3.81. The fourth-order valence-corrected chi connectivity index (χ4v) is 10.3. The van der Waals surface area contributed by atoms with Crippen molar-refractivity contribution < 1.29 is 8.42 Å². The molecule has 1 aliphatic rings. The molecule has 30 heavy (non-hydrogen) atoms. The summed E-state index contributed by atoms with van der Waals surface area (Å²) in [4.78, 5) is 0.534. The van der Waals surface area contributed by atoms with Gasteiger partial charge in [-0.25, -0.2) is 8.42 Å². The maximum absolute atomic E-state index is 13.9. The summed E-state index contributed by atoms with van der Waals surface area (Å²) >= 11 is 33.9. The molecular formula is C20H17Cl5O2S3. The van der Waals surface area contributed by atoms with E-state index in [0.29, 0.717) is 17.1 Å². The first kappa shape index (κ1) is 24.9. The summed E-state index contributed by atoms with van der Waals surface area (Å²) in [6, 6.07) is 6.81. The van der Waals surface area contributed by atoms with Crippen LogP contribution in [0.4, 0.5) is 0 Å². The molecule has 2 aromatic rings. The van der Waals surface area contributed by atoms with Crippen LogP contribution in [-0.4, -0.2) is 17.6 Å². The summed E-state index contributed by atoms with van der Waals surface area (Å²) in [6.45, 7) is 5.86. The first-order valence-electron chi connectivity index (χ1n) is 8.72. The molecule has 0 radical (unpaired) electrons. The van der Waals surface area contributed by atoms with Gasteiger partial charge in [0.05, 0.1) is 34.9 Å². The smallest absolute Gasteiger partial charge is 0.203 e. The molecule has 0 amide bonds. The second-order valence-electron chi connectivity index (χ2n) is 7.03. The van der Waals surface area contributed by atoms with Crippen molar-refractivity contribution in [3.8, 4) is 0 Å². The lowest BCUT2D eigenvalue weighted by atomic mass is 10.1. The minimum atomic E-state index is -3.81. The van der Waals surface area contributed by atoms with E-state index in [1.54, 1.807) is 24.3 Å². The van der Waals surface area contributed by atoms with Crippen molar-refractivity contribution >= 4 is 91.4 Å². The predicted molar refractivity (Wildman–Crippen MR) is 134 cm³/mol. The molecule has 0 aliphatic carbocycles. The highest BCUT2D eigenvalue weighted by molar-refractivity contribution is 8.31. The van der Waals surface area contributed by atoms with E-state index in [2.05, 4.69) is 0 Å². The maximum atomic E-state index is 13.9. The van der Waals surface area contributed by atoms with Gasteiger partial charge >= 0.3 is 0 Å². The third-order valence-electron chi connectivity index (χ3n) is 4.89. The third kappa shape index (κ3) is 4.38. The van der Waals surface area contributed by atoms with Crippen LogP contribution in [0.1, 0.15) is 25.8 Å². The van der Waals surface area contributed by atoms with E-state index in [-0.39, 0.29) is 30.0 Å². The molecule has 0 N–H and O–H groups in total. The normalized spacial score (nSPS) is 20.0. The van der Waals surface area contributed by atoms with Gasteiger partial charge in [-0.3, -0.25) is 0 Å². The topological polar surface area (TPSA) is 34.1 Å². The number of thioether (sulfide) groups is 2. The van der Waals surface area contributed by atoms with Gasteiger partial charge in [-0.15, -0.1) is 11.8 Å². The Hall–Kier alpha value is 0.280. The zero-order chi connectivity index (χ0) is 22.4. The molecule has 1 unspecified atom stereocenters. The molecule has 0 saturated heterocycles. The minimum Gasteiger partial charge on any atom is -0.221 e. The number of allylic oxidation sites excluding steroid dienone is 1. The molecule has 2 aromatic carbocycles. The molecule has 0 saturated carbocycles. The number of benzene rings is 2. The summed E-state index contributed by atoms with van der Waals surface area (Å²) in [5, 5.41) is 0.300. The van der Waals surface area contributed by atoms with Gasteiger partial charge in [0.15, 0.2) is 3.41 Å². The van der Waals surface area contributed by atoms with Crippen LogP contribution in [0.15, 0.2) is 45.2 Å². The number of aryl methyl sites for hydroxylation is 1. The molecule has 2 nitrogen and oxygen atoms in total. The average molecular weight is 563 g/mol. The molecule has 1 aliphatic heterocycles. The van der Waals surface area contributed by atoms with E-state index in [0.717, 1.165) is 28.5 Å². The van der Waals surface area contributed by atoms with Crippen LogP contribution in [0.3, 0.4) is 0 Å². The van der Waals surface area contributed by atoms with Crippen LogP contribution in [0, 0.1) is 6.92 Å². The lowest BCUT2D eigenvalue weighted by molar-refractivity contribution is 0.588. The average Bonchev–Trinajstić information content (AvgIpc) is 2.71. The van der Waals surface area contributed by atoms with Gasteiger partial charge in [-0.05, 0) is 32.9 Å². The van der Waals surface area contributed by atoms with Crippen LogP contribution in [0.2, 0.25) is 25.1 Å². The van der Waals surface area contributed by atoms with Crippen molar-refractivity contribution in [3.05, 3.63) is 66.1 Å². The van der Waals surface area contributed by atoms with Crippen molar-refractivity contribution in [1.29, 1.82) is 0 Å². The fraction of sp³-hybridized carbons (Fsp3) is 0.300. The number of halogens is 5. The molecule has 1 heterocycles. The lowest BCUT2D eigenvalue weighted by Crippen LogP contribution is -2.35. The summed E-state index contributed by atoms with van der Waals surface area (Å²) in [5.74, 6) is 0.564. The minimum absolute atomic E-state index is 0.0383. The van der Waals surface area contributed by atoms with Gasteiger partial charge < -0.3 is 0 Å². The number of hydrogen-bond donors (Lipinski definition) is 0. The van der Waals surface area contributed by atoms with E-state index in [1.165, 1.54) is 11.8 Å². The van der Waals surface area contributed by atoms with Gasteiger partial charge in [0.25, 0.3) is 0 Å². The van der Waals surface area contributed by atoms with Gasteiger partial charge in [-0.1, -0.05) is 98.6 Å². The Balaban J connectivity index is 2.23. The number of rotatable bonds is 4. The van der Waals surface area contributed by atoms with Crippen molar-refractivity contribution in [2.75, 3.05) is 5.75 Å². The van der Waals surface area contributed by atoms with Gasteiger partial charge in [0.1, 0.15) is 0 Å². The van der Waals surface area contributed by atoms with E-state index >= 15 is 0 Å². The summed E-state index contributed by atoms with van der Waals surface area (Å²) < 4.78 is 26.5. The van der Waals surface area contributed by atoms with E-state index < -0.39 is 13.2 Å². The Bertz CT molecular complexity index is 1120. The number of hydrogen-bond acceptors (Lipinski definition) is 4. The Morgan fingerprint density at radius 1 is 0.833 bits per heavy atom. The molecule has 1 atom stereocenters. The first-order chi connectivity index (χ1) is 13.9. The van der Waals surface area contributed by atoms with Crippen LogP contribution < -0.4 is 0 Å². The summed E-state index contributed by atoms with van der Waals surface area (Å²) in [6.07, 6.45) is 0.300. The molecule has 0 aromatic heterocycles. The number of sulfone groups is 1. The van der Waals surface area contributed by atoms with Crippen LogP contribution in [-0.2, 0) is 9.84 Å². The highest BCUT2D eigenvalue weighted by Gasteiger charge is 2.49. The summed E-state index contributed by atoms with van der Waals surface area (Å²) in [5.41, 5.74) is 3.14. The van der Waals surface area contributed by atoms with Crippen molar-refractivity contribution in [2.24, 2.45) is 0 Å². The molecule has 0 spiro atoms.